The number of aryl methyl sites for hydroxylation is 1. The van der Waals surface area contributed by atoms with E-state index in [1.54, 1.807) is 24.3 Å². The predicted octanol–water partition coefficient (Wildman–Crippen LogP) is 3.94. The van der Waals surface area contributed by atoms with E-state index in [1.165, 1.54) is 18.2 Å². The van der Waals surface area contributed by atoms with E-state index in [0.29, 0.717) is 10.0 Å². The molecule has 0 N–H and O–H groups in total. The van der Waals surface area contributed by atoms with Gasteiger partial charge in [0.1, 0.15) is 5.82 Å². The molecule has 0 fully saturated rings. The molecule has 0 aliphatic rings. The molecule has 0 aromatic heterocycles. The number of halogens is 2. The summed E-state index contributed by atoms with van der Waals surface area (Å²) >= 11 is 3.10. The quantitative estimate of drug-likeness (QED) is 0.619. The fraction of sp³-hybridized carbons (Fsp3) is 0.125. The summed E-state index contributed by atoms with van der Waals surface area (Å²) in [7, 11) is 0. The van der Waals surface area contributed by atoms with Crippen LogP contribution in [0.25, 0.3) is 0 Å². The normalized spacial score (nSPS) is 10.2. The summed E-state index contributed by atoms with van der Waals surface area (Å²) < 4.78 is 18.9. The van der Waals surface area contributed by atoms with Crippen LogP contribution in [0.5, 0.6) is 0 Å². The number of hydrogen-bond acceptors (Lipinski definition) is 3. The van der Waals surface area contributed by atoms with E-state index < -0.39 is 18.4 Å². The topological polar surface area (TPSA) is 43.4 Å². The third-order valence-electron chi connectivity index (χ3n) is 2.86. The second-order valence-corrected chi connectivity index (χ2v) is 5.41. The van der Waals surface area contributed by atoms with Crippen molar-refractivity contribution in [3.8, 4) is 0 Å². The Morgan fingerprint density at radius 2 is 1.81 bits per heavy atom. The average Bonchev–Trinajstić information content (AvgIpc) is 2.45. The van der Waals surface area contributed by atoms with E-state index in [1.807, 2.05) is 6.92 Å². The largest absolute Gasteiger partial charge is 0.454 e. The van der Waals surface area contributed by atoms with Gasteiger partial charge < -0.3 is 4.74 Å². The molecule has 3 nitrogen and oxygen atoms in total. The van der Waals surface area contributed by atoms with Crippen molar-refractivity contribution < 1.29 is 18.7 Å². The maximum atomic E-state index is 13.6. The van der Waals surface area contributed by atoms with Gasteiger partial charge in [0.25, 0.3) is 0 Å². The zero-order valence-corrected chi connectivity index (χ0v) is 12.8. The van der Waals surface area contributed by atoms with E-state index in [4.69, 9.17) is 4.74 Å². The fourth-order valence-electron chi connectivity index (χ4n) is 1.69. The predicted molar refractivity (Wildman–Crippen MR) is 79.9 cm³/mol. The summed E-state index contributed by atoms with van der Waals surface area (Å²) in [6.07, 6.45) is 0. The number of Topliss-reactive ketones (excluding diaryl/α,β-unsaturated/α-hetero) is 1. The Balaban J connectivity index is 2.00. The van der Waals surface area contributed by atoms with Crippen LogP contribution in [0.3, 0.4) is 0 Å². The van der Waals surface area contributed by atoms with Gasteiger partial charge in [-0.15, -0.1) is 0 Å². The molecule has 0 spiro atoms. The highest BCUT2D eigenvalue weighted by Gasteiger charge is 2.15. The minimum absolute atomic E-state index is 0.199. The molecule has 0 bridgehead atoms. The Hall–Kier alpha value is -2.01. The van der Waals surface area contributed by atoms with Gasteiger partial charge in [0.15, 0.2) is 12.4 Å². The molecule has 0 aliphatic heterocycles. The Kier molecular flexibility index (Phi) is 4.85. The van der Waals surface area contributed by atoms with Gasteiger partial charge in [0, 0.05) is 10.0 Å². The lowest BCUT2D eigenvalue weighted by atomic mass is 10.1. The number of benzene rings is 2. The molecule has 5 heteroatoms. The van der Waals surface area contributed by atoms with Gasteiger partial charge in [-0.1, -0.05) is 45.8 Å². The molecule has 2 rings (SSSR count). The summed E-state index contributed by atoms with van der Waals surface area (Å²) in [6, 6.07) is 10.9. The first-order valence-corrected chi connectivity index (χ1v) is 6.98. The van der Waals surface area contributed by atoms with E-state index >= 15 is 0 Å². The molecule has 0 unspecified atom stereocenters. The Morgan fingerprint density at radius 1 is 1.14 bits per heavy atom. The van der Waals surface area contributed by atoms with Gasteiger partial charge in [0.2, 0.25) is 0 Å². The monoisotopic (exact) mass is 350 g/mol. The summed E-state index contributed by atoms with van der Waals surface area (Å²) in [6.45, 7) is 1.49. The maximum Gasteiger partial charge on any atom is 0.341 e. The van der Waals surface area contributed by atoms with Crippen molar-refractivity contribution in [2.24, 2.45) is 0 Å². The van der Waals surface area contributed by atoms with Gasteiger partial charge in [-0.2, -0.15) is 0 Å². The number of ether oxygens (including phenoxy) is 1. The van der Waals surface area contributed by atoms with E-state index in [9.17, 15) is 14.0 Å². The molecular weight excluding hydrogens is 339 g/mol. The number of esters is 1. The molecule has 2 aromatic carbocycles. The molecule has 0 radical (unpaired) electrons. The highest BCUT2D eigenvalue weighted by atomic mass is 79.9. The van der Waals surface area contributed by atoms with Crippen molar-refractivity contribution in [1.29, 1.82) is 0 Å². The van der Waals surface area contributed by atoms with Crippen LogP contribution >= 0.6 is 15.9 Å². The van der Waals surface area contributed by atoms with Crippen molar-refractivity contribution >= 4 is 27.7 Å². The van der Waals surface area contributed by atoms with Crippen LogP contribution in [0, 0.1) is 12.7 Å². The summed E-state index contributed by atoms with van der Waals surface area (Å²) in [5, 5.41) is 0. The maximum absolute atomic E-state index is 13.6. The van der Waals surface area contributed by atoms with Crippen LogP contribution in [0.15, 0.2) is 46.9 Å². The highest BCUT2D eigenvalue weighted by Crippen LogP contribution is 2.16. The molecular formula is C16H12BrFO3. The van der Waals surface area contributed by atoms with Gasteiger partial charge in [0.05, 0.1) is 5.56 Å². The first-order chi connectivity index (χ1) is 9.97. The van der Waals surface area contributed by atoms with Crippen molar-refractivity contribution in [3.05, 3.63) is 69.4 Å². The second-order valence-electron chi connectivity index (χ2n) is 4.49. The van der Waals surface area contributed by atoms with Crippen LogP contribution in [0.2, 0.25) is 0 Å². The van der Waals surface area contributed by atoms with Gasteiger partial charge >= 0.3 is 5.97 Å². The first-order valence-electron chi connectivity index (χ1n) is 6.19. The Morgan fingerprint density at radius 3 is 2.43 bits per heavy atom. The number of ketones is 1. The molecule has 0 saturated heterocycles. The lowest BCUT2D eigenvalue weighted by molar-refractivity contribution is 0.0470. The summed E-state index contributed by atoms with van der Waals surface area (Å²) in [4.78, 5) is 23.6. The zero-order valence-electron chi connectivity index (χ0n) is 11.2. The fourth-order valence-corrected chi connectivity index (χ4v) is 2.02. The number of carbonyl (C=O) groups is 2. The van der Waals surface area contributed by atoms with Crippen LogP contribution in [0.1, 0.15) is 26.3 Å². The molecule has 0 amide bonds. The number of rotatable bonds is 4. The van der Waals surface area contributed by atoms with Crippen molar-refractivity contribution in [2.45, 2.75) is 6.92 Å². The van der Waals surface area contributed by atoms with Crippen LogP contribution in [-0.2, 0) is 4.74 Å². The van der Waals surface area contributed by atoms with Crippen molar-refractivity contribution in [3.63, 3.8) is 0 Å². The van der Waals surface area contributed by atoms with Gasteiger partial charge in [-0.3, -0.25) is 4.79 Å². The van der Waals surface area contributed by atoms with E-state index in [0.717, 1.165) is 5.56 Å². The number of hydrogen-bond donors (Lipinski definition) is 0. The molecule has 0 saturated carbocycles. The van der Waals surface area contributed by atoms with Crippen LogP contribution in [0.4, 0.5) is 4.39 Å². The minimum atomic E-state index is -0.861. The smallest absolute Gasteiger partial charge is 0.341 e. The molecule has 0 atom stereocenters. The van der Waals surface area contributed by atoms with Crippen LogP contribution < -0.4 is 0 Å². The van der Waals surface area contributed by atoms with Gasteiger partial charge in [-0.05, 0) is 25.1 Å². The molecule has 0 heterocycles. The third kappa shape index (κ3) is 3.98. The molecule has 21 heavy (non-hydrogen) atoms. The standard InChI is InChI=1S/C16H12BrFO3/c1-10-2-4-11(5-3-10)15(19)9-21-16(20)13-7-6-12(17)8-14(13)18/h2-8H,9H2,1H3. The molecule has 0 aliphatic carbocycles. The first kappa shape index (κ1) is 15.4. The van der Waals surface area contributed by atoms with E-state index in [2.05, 4.69) is 15.9 Å². The Bertz CT molecular complexity index is 680. The zero-order chi connectivity index (χ0) is 15.4. The highest BCUT2D eigenvalue weighted by molar-refractivity contribution is 9.10. The summed E-state index contributed by atoms with van der Waals surface area (Å²) in [5.41, 5.74) is 1.28. The SMILES string of the molecule is Cc1ccc(C(=O)COC(=O)c2ccc(Br)cc2F)cc1. The van der Waals surface area contributed by atoms with Crippen molar-refractivity contribution in [1.82, 2.24) is 0 Å². The minimum Gasteiger partial charge on any atom is -0.454 e. The summed E-state index contributed by atoms with van der Waals surface area (Å²) in [5.74, 6) is -1.89. The molecule has 2 aromatic rings. The third-order valence-corrected chi connectivity index (χ3v) is 3.35. The number of carbonyl (C=O) groups excluding carboxylic acids is 2. The Labute approximate surface area is 129 Å². The lowest BCUT2D eigenvalue weighted by Crippen LogP contribution is -2.15. The van der Waals surface area contributed by atoms with Crippen LogP contribution in [-0.4, -0.2) is 18.4 Å². The van der Waals surface area contributed by atoms with Gasteiger partial charge in [-0.25, -0.2) is 9.18 Å². The second kappa shape index (κ2) is 6.63. The molecule has 108 valence electrons. The average molecular weight is 351 g/mol. The van der Waals surface area contributed by atoms with Crippen molar-refractivity contribution in [2.75, 3.05) is 6.61 Å². The lowest BCUT2D eigenvalue weighted by Gasteiger charge is -2.06. The van der Waals surface area contributed by atoms with E-state index in [-0.39, 0.29) is 11.3 Å².